The van der Waals surface area contributed by atoms with Crippen LogP contribution >= 0.6 is 0 Å². The van der Waals surface area contributed by atoms with E-state index in [0.29, 0.717) is 12.1 Å². The van der Waals surface area contributed by atoms with Gasteiger partial charge in [0.05, 0.1) is 24.0 Å². The first-order valence-electron chi connectivity index (χ1n) is 8.21. The zero-order valence-corrected chi connectivity index (χ0v) is 13.7. The number of hydrogen-bond acceptors (Lipinski definition) is 3. The van der Waals surface area contributed by atoms with E-state index >= 15 is 0 Å². The second-order valence-corrected chi connectivity index (χ2v) is 5.99. The van der Waals surface area contributed by atoms with Crippen LogP contribution in [0.1, 0.15) is 47.6 Å². The van der Waals surface area contributed by atoms with Gasteiger partial charge in [0.1, 0.15) is 0 Å². The molecule has 0 radical (unpaired) electrons. The summed E-state index contributed by atoms with van der Waals surface area (Å²) in [7, 11) is 0. The second-order valence-electron chi connectivity index (χ2n) is 5.99. The van der Waals surface area contributed by atoms with Gasteiger partial charge in [-0.2, -0.15) is 0 Å². The van der Waals surface area contributed by atoms with Gasteiger partial charge in [0.2, 0.25) is 5.91 Å². The van der Waals surface area contributed by atoms with Crippen LogP contribution in [0.4, 0.5) is 0 Å². The molecule has 2 aromatic rings. The molecule has 0 saturated carbocycles. The highest BCUT2D eigenvalue weighted by molar-refractivity contribution is 5.94. The Morgan fingerprint density at radius 1 is 1.17 bits per heavy atom. The normalized spacial score (nSPS) is 16.9. The van der Waals surface area contributed by atoms with E-state index in [-0.39, 0.29) is 17.9 Å². The molecule has 5 nitrogen and oxygen atoms in total. The summed E-state index contributed by atoms with van der Waals surface area (Å²) in [4.78, 5) is 30.4. The Morgan fingerprint density at radius 3 is 2.71 bits per heavy atom. The number of aromatic nitrogens is 1. The van der Waals surface area contributed by atoms with Gasteiger partial charge in [-0.3, -0.25) is 14.6 Å². The maximum Gasteiger partial charge on any atom is 0.254 e. The number of hydrogen-bond donors (Lipinski definition) is 1. The molecule has 3 rings (SSSR count). The molecule has 2 amide bonds. The van der Waals surface area contributed by atoms with Crippen molar-refractivity contribution in [3.63, 3.8) is 0 Å². The van der Waals surface area contributed by atoms with E-state index in [1.54, 1.807) is 0 Å². The average Bonchev–Trinajstić information content (AvgIpc) is 3.10. The Balaban J connectivity index is 1.79. The molecule has 1 aromatic carbocycles. The zero-order valence-electron chi connectivity index (χ0n) is 13.7. The maximum atomic E-state index is 12.8. The number of amides is 2. The van der Waals surface area contributed by atoms with E-state index in [2.05, 4.69) is 10.3 Å². The molecule has 124 valence electrons. The van der Waals surface area contributed by atoms with Crippen molar-refractivity contribution in [1.29, 1.82) is 0 Å². The fourth-order valence-corrected chi connectivity index (χ4v) is 3.06. The van der Waals surface area contributed by atoms with Gasteiger partial charge >= 0.3 is 0 Å². The molecule has 5 heteroatoms. The molecule has 2 heterocycles. The highest BCUT2D eigenvalue weighted by atomic mass is 16.2. The Bertz CT molecular complexity index is 730. The molecule has 1 aromatic heterocycles. The third-order valence-electron chi connectivity index (χ3n) is 4.22. The number of benzene rings is 1. The number of carbonyl (C=O) groups excluding carboxylic acids is 2. The van der Waals surface area contributed by atoms with Crippen molar-refractivity contribution in [1.82, 2.24) is 15.2 Å². The number of pyridine rings is 1. The number of rotatable bonds is 4. The third kappa shape index (κ3) is 3.62. The number of nitrogens with zero attached hydrogens (tertiary/aromatic N) is 2. The minimum absolute atomic E-state index is 0.00464. The molecule has 1 aliphatic heterocycles. The molecule has 1 atom stereocenters. The molecule has 1 aliphatic rings. The van der Waals surface area contributed by atoms with Crippen molar-refractivity contribution >= 4 is 11.8 Å². The van der Waals surface area contributed by atoms with Crippen LogP contribution in [0.5, 0.6) is 0 Å². The summed E-state index contributed by atoms with van der Waals surface area (Å²) in [5.74, 6) is -0.0314. The highest BCUT2D eigenvalue weighted by Crippen LogP contribution is 2.32. The molecule has 1 fully saturated rings. The van der Waals surface area contributed by atoms with E-state index in [4.69, 9.17) is 0 Å². The van der Waals surface area contributed by atoms with Gasteiger partial charge in [0.25, 0.3) is 5.91 Å². The summed E-state index contributed by atoms with van der Waals surface area (Å²) in [6.07, 6.45) is 1.88. The Kier molecular flexibility index (Phi) is 4.89. The maximum absolute atomic E-state index is 12.8. The van der Waals surface area contributed by atoms with Crippen molar-refractivity contribution in [2.75, 3.05) is 6.54 Å². The van der Waals surface area contributed by atoms with Crippen molar-refractivity contribution in [3.8, 4) is 0 Å². The van der Waals surface area contributed by atoms with Crippen molar-refractivity contribution in [2.24, 2.45) is 0 Å². The molecule has 0 spiro atoms. The van der Waals surface area contributed by atoms with Crippen LogP contribution in [0.15, 0.2) is 48.5 Å². The summed E-state index contributed by atoms with van der Waals surface area (Å²) < 4.78 is 0. The van der Waals surface area contributed by atoms with Crippen molar-refractivity contribution in [3.05, 3.63) is 65.5 Å². The van der Waals surface area contributed by atoms with Crippen LogP contribution in [0.3, 0.4) is 0 Å². The number of nitrogens with one attached hydrogen (secondary N) is 1. The summed E-state index contributed by atoms with van der Waals surface area (Å²) in [6.45, 7) is 2.64. The predicted octanol–water partition coefficient (Wildman–Crippen LogP) is 2.70. The summed E-state index contributed by atoms with van der Waals surface area (Å²) in [5.41, 5.74) is 2.40. The van der Waals surface area contributed by atoms with Gasteiger partial charge in [0.15, 0.2) is 0 Å². The smallest absolute Gasteiger partial charge is 0.254 e. The minimum atomic E-state index is -0.0797. The standard InChI is InChI=1S/C19H21N3O2/c1-14(23)20-13-16-9-5-10-17(21-16)18-11-6-12-22(18)19(24)15-7-3-2-4-8-15/h2-5,7-10,18H,6,11-13H2,1H3,(H,20,23)/t18-/m1/s1. The van der Waals surface area contributed by atoms with Crippen molar-refractivity contribution < 1.29 is 9.59 Å². The highest BCUT2D eigenvalue weighted by Gasteiger charge is 2.31. The SMILES string of the molecule is CC(=O)NCc1cccc([C@H]2CCCN2C(=O)c2ccccc2)n1. The van der Waals surface area contributed by atoms with E-state index in [0.717, 1.165) is 30.8 Å². The second kappa shape index (κ2) is 7.25. The van der Waals surface area contributed by atoms with Gasteiger partial charge in [-0.15, -0.1) is 0 Å². The van der Waals surface area contributed by atoms with E-state index < -0.39 is 0 Å². The van der Waals surface area contributed by atoms with Gasteiger partial charge < -0.3 is 10.2 Å². The Labute approximate surface area is 141 Å². The Hall–Kier alpha value is -2.69. The van der Waals surface area contributed by atoms with Gasteiger partial charge in [-0.1, -0.05) is 24.3 Å². The summed E-state index contributed by atoms with van der Waals surface area (Å²) in [5, 5.41) is 2.76. The van der Waals surface area contributed by atoms with Crippen LogP contribution in [0.2, 0.25) is 0 Å². The first-order valence-corrected chi connectivity index (χ1v) is 8.21. The van der Waals surface area contributed by atoms with Crippen LogP contribution in [0, 0.1) is 0 Å². The molecule has 1 N–H and O–H groups in total. The quantitative estimate of drug-likeness (QED) is 0.941. The molecular weight excluding hydrogens is 302 g/mol. The van der Waals surface area contributed by atoms with Crippen LogP contribution < -0.4 is 5.32 Å². The van der Waals surface area contributed by atoms with Crippen LogP contribution in [-0.2, 0) is 11.3 Å². The monoisotopic (exact) mass is 323 g/mol. The topological polar surface area (TPSA) is 62.3 Å². The molecule has 24 heavy (non-hydrogen) atoms. The lowest BCUT2D eigenvalue weighted by atomic mass is 10.1. The van der Waals surface area contributed by atoms with E-state index in [1.807, 2.05) is 53.4 Å². The molecule has 0 aliphatic carbocycles. The Morgan fingerprint density at radius 2 is 1.96 bits per heavy atom. The first kappa shape index (κ1) is 16.2. The van der Waals surface area contributed by atoms with Gasteiger partial charge in [-0.25, -0.2) is 0 Å². The van der Waals surface area contributed by atoms with Crippen LogP contribution in [-0.4, -0.2) is 28.2 Å². The first-order chi connectivity index (χ1) is 11.6. The average molecular weight is 323 g/mol. The van der Waals surface area contributed by atoms with Gasteiger partial charge in [-0.05, 0) is 37.1 Å². The summed E-state index contributed by atoms with van der Waals surface area (Å²) >= 11 is 0. The van der Waals surface area contributed by atoms with E-state index in [1.165, 1.54) is 6.92 Å². The fourth-order valence-electron chi connectivity index (χ4n) is 3.06. The van der Waals surface area contributed by atoms with Crippen molar-refractivity contribution in [2.45, 2.75) is 32.4 Å². The third-order valence-corrected chi connectivity index (χ3v) is 4.22. The lowest BCUT2D eigenvalue weighted by molar-refractivity contribution is -0.119. The molecule has 0 unspecified atom stereocenters. The summed E-state index contributed by atoms with van der Waals surface area (Å²) in [6, 6.07) is 15.1. The molecular formula is C19H21N3O2. The van der Waals surface area contributed by atoms with E-state index in [9.17, 15) is 9.59 Å². The lowest BCUT2D eigenvalue weighted by Gasteiger charge is -2.24. The van der Waals surface area contributed by atoms with Crippen LogP contribution in [0.25, 0.3) is 0 Å². The largest absolute Gasteiger partial charge is 0.351 e. The fraction of sp³-hybridized carbons (Fsp3) is 0.316. The predicted molar refractivity (Wildman–Crippen MR) is 91.2 cm³/mol. The van der Waals surface area contributed by atoms with Gasteiger partial charge in [0, 0.05) is 19.0 Å². The molecule has 1 saturated heterocycles. The number of carbonyl (C=O) groups is 2. The minimum Gasteiger partial charge on any atom is -0.351 e. The molecule has 0 bridgehead atoms. The zero-order chi connectivity index (χ0) is 16.9. The number of likely N-dealkylation sites (tertiary alicyclic amines) is 1. The lowest BCUT2D eigenvalue weighted by Crippen LogP contribution is -2.31.